The molecule has 0 unspecified atom stereocenters. The Morgan fingerprint density at radius 3 is 2.70 bits per heavy atom. The largest absolute Gasteiger partial charge is 0.356 e. The first-order valence-electron chi connectivity index (χ1n) is 10.4. The Balaban J connectivity index is 1.36. The lowest BCUT2D eigenvalue weighted by Crippen LogP contribution is -2.21. The third-order valence-electron chi connectivity index (χ3n) is 4.88. The van der Waals surface area contributed by atoms with Crippen LogP contribution in [0.5, 0.6) is 0 Å². The number of aromatic nitrogens is 3. The molecule has 2 amide bonds. The van der Waals surface area contributed by atoms with Crippen LogP contribution in [0.25, 0.3) is 16.9 Å². The fourth-order valence-electron chi connectivity index (χ4n) is 3.23. The predicted molar refractivity (Wildman–Crippen MR) is 126 cm³/mol. The van der Waals surface area contributed by atoms with E-state index in [0.29, 0.717) is 17.4 Å². The molecule has 2 aromatic carbocycles. The molecule has 0 bridgehead atoms. The molecule has 0 atom stereocenters. The van der Waals surface area contributed by atoms with Gasteiger partial charge >= 0.3 is 0 Å². The van der Waals surface area contributed by atoms with Crippen LogP contribution < -0.4 is 10.6 Å². The third-order valence-corrected chi connectivity index (χ3v) is 5.64. The Bertz CT molecular complexity index is 1270. The molecule has 0 spiro atoms. The second-order valence-electron chi connectivity index (χ2n) is 7.40. The minimum absolute atomic E-state index is 0.0169. The average Bonchev–Trinajstić information content (AvgIpc) is 3.47. The van der Waals surface area contributed by atoms with E-state index in [-0.39, 0.29) is 23.3 Å². The van der Waals surface area contributed by atoms with Crippen LogP contribution in [0.4, 0.5) is 9.52 Å². The third kappa shape index (κ3) is 5.89. The first-order valence-corrected chi connectivity index (χ1v) is 11.3. The van der Waals surface area contributed by atoms with Crippen molar-refractivity contribution in [1.82, 2.24) is 20.1 Å². The molecule has 33 heavy (non-hydrogen) atoms. The lowest BCUT2D eigenvalue weighted by atomic mass is 10.1. The molecule has 0 fully saturated rings. The number of nitrogens with one attached hydrogen (secondary N) is 2. The molecule has 4 rings (SSSR count). The number of aryl methyl sites for hydroxylation is 1. The normalized spacial score (nSPS) is 10.7. The van der Waals surface area contributed by atoms with Crippen molar-refractivity contribution in [2.75, 3.05) is 11.9 Å². The topological polar surface area (TPSA) is 88.9 Å². The molecule has 0 radical (unpaired) electrons. The molecule has 0 saturated carbocycles. The van der Waals surface area contributed by atoms with Crippen LogP contribution in [0.2, 0.25) is 0 Å². The van der Waals surface area contributed by atoms with Gasteiger partial charge in [-0.25, -0.2) is 14.1 Å². The Morgan fingerprint density at radius 1 is 1.12 bits per heavy atom. The summed E-state index contributed by atoms with van der Waals surface area (Å²) < 4.78 is 14.9. The number of rotatable bonds is 8. The number of anilines is 1. The van der Waals surface area contributed by atoms with Crippen molar-refractivity contribution in [2.45, 2.75) is 19.8 Å². The van der Waals surface area contributed by atoms with E-state index in [2.05, 4.69) is 20.7 Å². The van der Waals surface area contributed by atoms with E-state index in [9.17, 15) is 14.0 Å². The van der Waals surface area contributed by atoms with Gasteiger partial charge in [-0.2, -0.15) is 5.10 Å². The molecular formula is C24H22FN5O2S. The van der Waals surface area contributed by atoms with Crippen LogP contribution in [-0.2, 0) is 11.2 Å². The summed E-state index contributed by atoms with van der Waals surface area (Å²) in [7, 11) is 0. The second kappa shape index (κ2) is 10.2. The zero-order chi connectivity index (χ0) is 23.2. The molecule has 168 valence electrons. The predicted octanol–water partition coefficient (Wildman–Crippen LogP) is 4.46. The Kier molecular flexibility index (Phi) is 6.89. The highest BCUT2D eigenvalue weighted by molar-refractivity contribution is 7.14. The van der Waals surface area contributed by atoms with Crippen molar-refractivity contribution < 1.29 is 14.0 Å². The molecule has 9 heteroatoms. The summed E-state index contributed by atoms with van der Waals surface area (Å²) in [5, 5.41) is 12.1. The maximum atomic E-state index is 13.4. The van der Waals surface area contributed by atoms with E-state index in [4.69, 9.17) is 0 Å². The monoisotopic (exact) mass is 463 g/mol. The molecule has 0 aliphatic carbocycles. The zero-order valence-corrected chi connectivity index (χ0v) is 18.7. The van der Waals surface area contributed by atoms with Crippen molar-refractivity contribution in [3.8, 4) is 16.9 Å². The number of carbonyl (C=O) groups is 2. The van der Waals surface area contributed by atoms with Gasteiger partial charge in [0.25, 0.3) is 5.91 Å². The number of nitrogens with zero attached hydrogens (tertiary/aromatic N) is 3. The number of hydrogen-bond acceptors (Lipinski definition) is 5. The van der Waals surface area contributed by atoms with Crippen molar-refractivity contribution in [1.29, 1.82) is 0 Å². The minimum atomic E-state index is -0.388. The number of benzene rings is 2. The fraction of sp³-hybridized carbons (Fsp3) is 0.167. The summed E-state index contributed by atoms with van der Waals surface area (Å²) in [6.07, 6.45) is 3.36. The van der Waals surface area contributed by atoms with Crippen molar-refractivity contribution in [3.05, 3.63) is 83.2 Å². The van der Waals surface area contributed by atoms with Crippen LogP contribution in [0.15, 0.2) is 66.2 Å². The van der Waals surface area contributed by atoms with Gasteiger partial charge < -0.3 is 5.32 Å². The quantitative estimate of drug-likeness (QED) is 0.378. The summed E-state index contributed by atoms with van der Waals surface area (Å²) in [6, 6.07) is 15.6. The molecule has 2 N–H and O–H groups in total. The summed E-state index contributed by atoms with van der Waals surface area (Å²) in [5.41, 5.74) is 3.64. The maximum absolute atomic E-state index is 13.4. The van der Waals surface area contributed by atoms with Gasteiger partial charge in [0.1, 0.15) is 5.82 Å². The van der Waals surface area contributed by atoms with Crippen LogP contribution in [-0.4, -0.2) is 33.1 Å². The van der Waals surface area contributed by atoms with E-state index in [1.54, 1.807) is 24.4 Å². The van der Waals surface area contributed by atoms with E-state index in [1.807, 2.05) is 29.6 Å². The molecule has 0 aliphatic rings. The zero-order valence-electron chi connectivity index (χ0n) is 17.9. The lowest BCUT2D eigenvalue weighted by Gasteiger charge is -2.04. The molecule has 2 aromatic heterocycles. The highest BCUT2D eigenvalue weighted by atomic mass is 32.1. The minimum Gasteiger partial charge on any atom is -0.356 e. The summed E-state index contributed by atoms with van der Waals surface area (Å²) in [4.78, 5) is 28.0. The molecule has 4 aromatic rings. The highest BCUT2D eigenvalue weighted by Gasteiger charge is 2.13. The van der Waals surface area contributed by atoms with Gasteiger partial charge in [0.05, 0.1) is 11.4 Å². The van der Waals surface area contributed by atoms with Crippen molar-refractivity contribution >= 4 is 28.3 Å². The Morgan fingerprint density at radius 2 is 1.94 bits per heavy atom. The van der Waals surface area contributed by atoms with E-state index >= 15 is 0 Å². The van der Waals surface area contributed by atoms with Gasteiger partial charge in [-0.3, -0.25) is 14.9 Å². The van der Waals surface area contributed by atoms with E-state index < -0.39 is 0 Å². The molecule has 0 aliphatic heterocycles. The van der Waals surface area contributed by atoms with Gasteiger partial charge in [0.15, 0.2) is 10.8 Å². The summed E-state index contributed by atoms with van der Waals surface area (Å²) in [5.74, 6) is -0.778. The smallest absolute Gasteiger partial charge is 0.277 e. The average molecular weight is 464 g/mol. The SMILES string of the molecule is CC(=O)NCCCc1ccc(-c2csc(NC(=O)c3ccn(-c4cccc(F)c4)n3)n2)cc1. The Hall–Kier alpha value is -3.85. The van der Waals surface area contributed by atoms with Crippen LogP contribution >= 0.6 is 11.3 Å². The second-order valence-corrected chi connectivity index (χ2v) is 8.26. The van der Waals surface area contributed by atoms with Crippen molar-refractivity contribution in [2.24, 2.45) is 0 Å². The van der Waals surface area contributed by atoms with Crippen LogP contribution in [0, 0.1) is 5.82 Å². The Labute approximate surface area is 194 Å². The van der Waals surface area contributed by atoms with Gasteiger partial charge in [-0.15, -0.1) is 11.3 Å². The molecule has 0 saturated heterocycles. The first kappa shape index (κ1) is 22.3. The van der Waals surface area contributed by atoms with Gasteiger partial charge in [-0.1, -0.05) is 30.3 Å². The number of thiazole rings is 1. The first-order chi connectivity index (χ1) is 16.0. The number of halogens is 1. The lowest BCUT2D eigenvalue weighted by molar-refractivity contribution is -0.118. The number of carbonyl (C=O) groups excluding carboxylic acids is 2. The number of hydrogen-bond donors (Lipinski definition) is 2. The molecular weight excluding hydrogens is 441 g/mol. The van der Waals surface area contributed by atoms with Crippen molar-refractivity contribution in [3.63, 3.8) is 0 Å². The summed E-state index contributed by atoms with van der Waals surface area (Å²) >= 11 is 1.33. The summed E-state index contributed by atoms with van der Waals surface area (Å²) in [6.45, 7) is 2.17. The van der Waals surface area contributed by atoms with Gasteiger partial charge in [-0.05, 0) is 42.7 Å². The van der Waals surface area contributed by atoms with E-state index in [0.717, 1.165) is 24.1 Å². The van der Waals surface area contributed by atoms with Gasteiger partial charge in [0.2, 0.25) is 5.91 Å². The van der Waals surface area contributed by atoms with Crippen LogP contribution in [0.1, 0.15) is 29.4 Å². The van der Waals surface area contributed by atoms with E-state index in [1.165, 1.54) is 40.6 Å². The maximum Gasteiger partial charge on any atom is 0.277 e. The molecule has 7 nitrogen and oxygen atoms in total. The molecule has 2 heterocycles. The van der Waals surface area contributed by atoms with Crippen LogP contribution in [0.3, 0.4) is 0 Å². The fourth-order valence-corrected chi connectivity index (χ4v) is 3.95. The van der Waals surface area contributed by atoms with Gasteiger partial charge in [0, 0.05) is 30.6 Å². The highest BCUT2D eigenvalue weighted by Crippen LogP contribution is 2.25. The standard InChI is InChI=1S/C24H22FN5O2S/c1-16(31)26-12-3-4-17-7-9-18(10-8-17)22-15-33-24(27-22)28-23(32)21-11-13-30(29-21)20-6-2-5-19(25)14-20/h2,5-11,13-15H,3-4,12H2,1H3,(H,26,31)(H,27,28,32). The number of amides is 2.